The second-order valence-corrected chi connectivity index (χ2v) is 7.24. The number of nitrogens with zero attached hydrogens (tertiary/aromatic N) is 1. The summed E-state index contributed by atoms with van der Waals surface area (Å²) in [5.41, 5.74) is 0.992. The van der Waals surface area contributed by atoms with Crippen LogP contribution in [0.4, 0.5) is 5.69 Å². The van der Waals surface area contributed by atoms with Crippen LogP contribution in [-0.2, 0) is 4.74 Å². The number of thiocarbonyl (C=S) groups is 1. The van der Waals surface area contributed by atoms with Gasteiger partial charge in [-0.05, 0) is 74.5 Å². The molecule has 136 valence electrons. The van der Waals surface area contributed by atoms with Crippen LogP contribution in [0.1, 0.15) is 32.1 Å². The molecular weight excluding hydrogens is 332 g/mol. The van der Waals surface area contributed by atoms with Crippen molar-refractivity contribution in [3.63, 3.8) is 0 Å². The Morgan fingerprint density at radius 1 is 1.24 bits per heavy atom. The lowest BCUT2D eigenvalue weighted by molar-refractivity contribution is 0.0882. The molecular formula is C20H28N2O2S. The molecule has 25 heavy (non-hydrogen) atoms. The lowest BCUT2D eigenvalue weighted by Crippen LogP contribution is -2.42. The summed E-state index contributed by atoms with van der Waals surface area (Å²) in [5.74, 6) is 1.52. The molecule has 2 atom stereocenters. The average Bonchev–Trinajstić information content (AvgIpc) is 3.16. The van der Waals surface area contributed by atoms with Gasteiger partial charge in [0.05, 0.1) is 13.2 Å². The molecule has 1 heterocycles. The van der Waals surface area contributed by atoms with Crippen LogP contribution < -0.4 is 10.1 Å². The summed E-state index contributed by atoms with van der Waals surface area (Å²) in [6.45, 7) is 2.75. The fourth-order valence-electron chi connectivity index (χ4n) is 3.49. The topological polar surface area (TPSA) is 33.7 Å². The molecule has 1 aromatic carbocycles. The second-order valence-electron chi connectivity index (χ2n) is 6.85. The quantitative estimate of drug-likeness (QED) is 0.606. The molecule has 4 nitrogen and oxygen atoms in total. The summed E-state index contributed by atoms with van der Waals surface area (Å²) in [4.78, 5) is 2.30. The SMILES string of the molecule is COc1ccc(NC(=S)N(C[C@@H]2CC=CCC2)C[C@@H]2CCCO2)cc1. The van der Waals surface area contributed by atoms with Gasteiger partial charge < -0.3 is 19.7 Å². The Kier molecular flexibility index (Phi) is 6.70. The van der Waals surface area contributed by atoms with Crippen molar-refractivity contribution in [3.05, 3.63) is 36.4 Å². The highest BCUT2D eigenvalue weighted by Gasteiger charge is 2.23. The third-order valence-electron chi connectivity index (χ3n) is 4.93. The number of rotatable bonds is 6. The van der Waals surface area contributed by atoms with Crippen LogP contribution >= 0.6 is 12.2 Å². The van der Waals surface area contributed by atoms with Gasteiger partial charge in [0, 0.05) is 25.4 Å². The predicted molar refractivity (Wildman–Crippen MR) is 106 cm³/mol. The van der Waals surface area contributed by atoms with E-state index in [1.807, 2.05) is 24.3 Å². The van der Waals surface area contributed by atoms with Gasteiger partial charge in [-0.3, -0.25) is 0 Å². The van der Waals surface area contributed by atoms with E-state index in [1.165, 1.54) is 12.8 Å². The van der Waals surface area contributed by atoms with E-state index in [4.69, 9.17) is 21.7 Å². The lowest BCUT2D eigenvalue weighted by atomic mass is 9.94. The van der Waals surface area contributed by atoms with E-state index >= 15 is 0 Å². The van der Waals surface area contributed by atoms with Crippen LogP contribution in [0.5, 0.6) is 5.75 Å². The van der Waals surface area contributed by atoms with Crippen molar-refractivity contribution in [2.45, 2.75) is 38.2 Å². The van der Waals surface area contributed by atoms with Crippen molar-refractivity contribution in [2.75, 3.05) is 32.1 Å². The third kappa shape index (κ3) is 5.44. The number of hydrogen-bond acceptors (Lipinski definition) is 3. The molecule has 0 spiro atoms. The van der Waals surface area contributed by atoms with E-state index in [2.05, 4.69) is 22.4 Å². The fourth-order valence-corrected chi connectivity index (χ4v) is 3.75. The van der Waals surface area contributed by atoms with Gasteiger partial charge in [-0.1, -0.05) is 12.2 Å². The largest absolute Gasteiger partial charge is 0.497 e. The molecule has 1 aliphatic carbocycles. The number of hydrogen-bond donors (Lipinski definition) is 1. The maximum absolute atomic E-state index is 5.84. The summed E-state index contributed by atoms with van der Waals surface area (Å²) in [6.07, 6.45) is 10.7. The van der Waals surface area contributed by atoms with Gasteiger partial charge in [0.1, 0.15) is 5.75 Å². The van der Waals surface area contributed by atoms with E-state index in [1.54, 1.807) is 7.11 Å². The standard InChI is InChI=1S/C20H28N2O2S/c1-23-18-11-9-17(10-12-18)21-20(25)22(15-19-8-5-13-24-19)14-16-6-3-2-4-7-16/h2-3,9-12,16,19H,4-8,13-15H2,1H3,(H,21,25)/t16-,19+/m1/s1. The first-order valence-corrected chi connectivity index (χ1v) is 9.62. The predicted octanol–water partition coefficient (Wildman–Crippen LogP) is 4.23. The Balaban J connectivity index is 1.62. The fraction of sp³-hybridized carbons (Fsp3) is 0.550. The monoisotopic (exact) mass is 360 g/mol. The summed E-state index contributed by atoms with van der Waals surface area (Å²) in [6, 6.07) is 7.89. The molecule has 1 saturated heterocycles. The number of allylic oxidation sites excluding steroid dienone is 2. The van der Waals surface area contributed by atoms with Gasteiger partial charge in [0.2, 0.25) is 0 Å². The highest BCUT2D eigenvalue weighted by Crippen LogP contribution is 2.22. The molecule has 0 saturated carbocycles. The number of benzene rings is 1. The van der Waals surface area contributed by atoms with Crippen molar-refractivity contribution in [1.82, 2.24) is 4.90 Å². The second kappa shape index (κ2) is 9.20. The maximum Gasteiger partial charge on any atom is 0.173 e. The minimum Gasteiger partial charge on any atom is -0.497 e. The summed E-state index contributed by atoms with van der Waals surface area (Å²) in [5, 5.41) is 4.17. The van der Waals surface area contributed by atoms with E-state index in [-0.39, 0.29) is 0 Å². The first-order valence-electron chi connectivity index (χ1n) is 9.21. The lowest BCUT2D eigenvalue weighted by Gasteiger charge is -2.32. The van der Waals surface area contributed by atoms with Crippen LogP contribution in [0, 0.1) is 5.92 Å². The molecule has 3 rings (SSSR count). The Bertz CT molecular complexity index is 582. The van der Waals surface area contributed by atoms with Crippen LogP contribution in [-0.4, -0.2) is 42.9 Å². The van der Waals surface area contributed by atoms with E-state index < -0.39 is 0 Å². The van der Waals surface area contributed by atoms with Gasteiger partial charge in [-0.15, -0.1) is 0 Å². The van der Waals surface area contributed by atoms with Crippen molar-refractivity contribution < 1.29 is 9.47 Å². The number of methoxy groups -OCH3 is 1. The highest BCUT2D eigenvalue weighted by atomic mass is 32.1. The van der Waals surface area contributed by atoms with Gasteiger partial charge in [0.15, 0.2) is 5.11 Å². The van der Waals surface area contributed by atoms with Crippen molar-refractivity contribution in [3.8, 4) is 5.75 Å². The Morgan fingerprint density at radius 3 is 2.72 bits per heavy atom. The number of anilines is 1. The van der Waals surface area contributed by atoms with Crippen molar-refractivity contribution >= 4 is 23.0 Å². The first-order chi connectivity index (χ1) is 12.2. The van der Waals surface area contributed by atoms with Crippen molar-refractivity contribution in [1.29, 1.82) is 0 Å². The Hall–Kier alpha value is -1.59. The summed E-state index contributed by atoms with van der Waals surface area (Å²) >= 11 is 5.73. The molecule has 0 bridgehead atoms. The van der Waals surface area contributed by atoms with Gasteiger partial charge in [0.25, 0.3) is 0 Å². The molecule has 1 fully saturated rings. The molecule has 1 aliphatic heterocycles. The minimum atomic E-state index is 0.301. The normalized spacial score (nSPS) is 22.6. The zero-order valence-corrected chi connectivity index (χ0v) is 15.8. The van der Waals surface area contributed by atoms with E-state index in [0.717, 1.165) is 55.5 Å². The van der Waals surface area contributed by atoms with Gasteiger partial charge >= 0.3 is 0 Å². The van der Waals surface area contributed by atoms with Crippen LogP contribution in [0.25, 0.3) is 0 Å². The summed E-state index contributed by atoms with van der Waals surface area (Å²) in [7, 11) is 1.68. The molecule has 0 aromatic heterocycles. The first kappa shape index (κ1) is 18.2. The number of ether oxygens (including phenoxy) is 2. The third-order valence-corrected chi connectivity index (χ3v) is 5.29. The van der Waals surface area contributed by atoms with Crippen molar-refractivity contribution in [2.24, 2.45) is 5.92 Å². The molecule has 2 aliphatic rings. The van der Waals surface area contributed by atoms with Crippen LogP contribution in [0.3, 0.4) is 0 Å². The summed E-state index contributed by atoms with van der Waals surface area (Å²) < 4.78 is 11.1. The molecule has 1 N–H and O–H groups in total. The molecule has 0 unspecified atom stereocenters. The Morgan fingerprint density at radius 2 is 2.08 bits per heavy atom. The molecule has 5 heteroatoms. The van der Waals surface area contributed by atoms with Gasteiger partial charge in [-0.2, -0.15) is 0 Å². The average molecular weight is 361 g/mol. The van der Waals surface area contributed by atoms with Crippen LogP contribution in [0.2, 0.25) is 0 Å². The van der Waals surface area contributed by atoms with Crippen LogP contribution in [0.15, 0.2) is 36.4 Å². The minimum absolute atomic E-state index is 0.301. The maximum atomic E-state index is 5.84. The van der Waals surface area contributed by atoms with E-state index in [9.17, 15) is 0 Å². The zero-order chi connectivity index (χ0) is 17.5. The molecule has 0 amide bonds. The molecule has 0 radical (unpaired) electrons. The highest BCUT2D eigenvalue weighted by molar-refractivity contribution is 7.80. The zero-order valence-electron chi connectivity index (χ0n) is 14.9. The van der Waals surface area contributed by atoms with E-state index in [0.29, 0.717) is 12.0 Å². The smallest absolute Gasteiger partial charge is 0.173 e. The number of nitrogens with one attached hydrogen (secondary N) is 1. The van der Waals surface area contributed by atoms with Gasteiger partial charge in [-0.25, -0.2) is 0 Å². The Labute approximate surface area is 156 Å². The molecule has 1 aromatic rings.